The van der Waals surface area contributed by atoms with E-state index in [2.05, 4.69) is 70.2 Å². The van der Waals surface area contributed by atoms with E-state index in [1.165, 1.54) is 22.3 Å². The molecular weight excluding hydrogens is 346 g/mol. The second kappa shape index (κ2) is 9.98. The van der Waals surface area contributed by atoms with Crippen molar-refractivity contribution in [2.75, 3.05) is 0 Å². The van der Waals surface area contributed by atoms with E-state index in [0.717, 1.165) is 0 Å². The minimum absolute atomic E-state index is 0. The van der Waals surface area contributed by atoms with E-state index in [4.69, 9.17) is 0 Å². The predicted octanol–water partition coefficient (Wildman–Crippen LogP) is -4.64. The Kier molecular flexibility index (Phi) is 12.5. The summed E-state index contributed by atoms with van der Waals surface area (Å²) in [6.07, 6.45) is 0. The third-order valence-electron chi connectivity index (χ3n) is 3.33. The van der Waals surface area contributed by atoms with Gasteiger partial charge in [0.2, 0.25) is 0 Å². The number of hydrogen-bond donors (Lipinski definition) is 0. The molecule has 2 aromatic rings. The third kappa shape index (κ3) is 5.50. The van der Waals surface area contributed by atoms with Crippen LogP contribution in [0.5, 0.6) is 0 Å². The number of halogens is 3. The van der Waals surface area contributed by atoms with Crippen LogP contribution in [0.1, 0.15) is 36.1 Å². The summed E-state index contributed by atoms with van der Waals surface area (Å²) in [6, 6.07) is 15.4. The molecule has 0 unspecified atom stereocenters. The average molecular weight is 366 g/mol. The second-order valence-corrected chi connectivity index (χ2v) is 5.17. The molecule has 108 valence electrons. The zero-order valence-corrected chi connectivity index (χ0v) is 16.0. The van der Waals surface area contributed by atoms with Crippen molar-refractivity contribution in [1.82, 2.24) is 0 Å². The summed E-state index contributed by atoms with van der Waals surface area (Å²) in [5.41, 5.74) is 5.57. The quantitative estimate of drug-likeness (QED) is 0.371. The van der Waals surface area contributed by atoms with E-state index in [0.29, 0.717) is 0 Å². The monoisotopic (exact) mass is 364 g/mol. The van der Waals surface area contributed by atoms with E-state index in [1.54, 1.807) is 0 Å². The minimum atomic E-state index is 0. The van der Waals surface area contributed by atoms with Crippen molar-refractivity contribution in [2.24, 2.45) is 0 Å². The Bertz CT molecular complexity index is 470. The third-order valence-corrected chi connectivity index (χ3v) is 3.33. The van der Waals surface area contributed by atoms with E-state index in [-0.39, 0.29) is 64.4 Å². The Labute approximate surface area is 156 Å². The van der Waals surface area contributed by atoms with Crippen molar-refractivity contribution in [1.29, 1.82) is 0 Å². The Morgan fingerprint density at radius 3 is 1.60 bits per heavy atom. The minimum Gasteiger partial charge on any atom is -1.00 e. The van der Waals surface area contributed by atoms with Crippen LogP contribution < -0.4 is 37.2 Å². The van der Waals surface area contributed by atoms with Gasteiger partial charge in [-0.05, 0) is 24.8 Å². The molecule has 0 radical (unpaired) electrons. The normalized spacial score (nSPS) is 9.40. The van der Waals surface area contributed by atoms with Gasteiger partial charge in [-0.2, -0.15) is 12.1 Å². The van der Waals surface area contributed by atoms with Gasteiger partial charge < -0.3 is 37.2 Å². The SMILES string of the molecule is Cc1cc(C)cc(C(C)(C)[c-]2cccc2)c1.[Cl-].[Cl-].[Cl-].[Ti+4]. The molecule has 2 aromatic carbocycles. The standard InChI is InChI=1S/C16H19.3ClH.Ti/c1-12-9-13(2)11-15(10-12)16(3,4)14-7-5-6-8-14;;;;/h5-11H,1-4H3;3*1H;/q-1;;;;+4/p-3. The number of rotatable bonds is 2. The van der Waals surface area contributed by atoms with Crippen LogP contribution in [0.15, 0.2) is 42.5 Å². The van der Waals surface area contributed by atoms with Crippen LogP contribution in [0.2, 0.25) is 0 Å². The molecular formula is C16H19Cl3Ti. The Balaban J connectivity index is -0.000000722. The summed E-state index contributed by atoms with van der Waals surface area (Å²) >= 11 is 0. The first-order valence-electron chi connectivity index (χ1n) is 5.81. The maximum atomic E-state index is 2.29. The van der Waals surface area contributed by atoms with E-state index in [1.807, 2.05) is 0 Å². The molecule has 0 bridgehead atoms. The summed E-state index contributed by atoms with van der Waals surface area (Å²) in [5.74, 6) is 0. The van der Waals surface area contributed by atoms with Gasteiger partial charge in [-0.25, -0.2) is 12.1 Å². The fourth-order valence-corrected chi connectivity index (χ4v) is 2.29. The fraction of sp³-hybridized carbons (Fsp3) is 0.312. The molecule has 0 saturated carbocycles. The molecule has 0 saturated heterocycles. The molecule has 0 amide bonds. The van der Waals surface area contributed by atoms with Crippen LogP contribution in [0, 0.1) is 13.8 Å². The van der Waals surface area contributed by atoms with Crippen molar-refractivity contribution in [3.05, 3.63) is 64.7 Å². The molecule has 0 heterocycles. The van der Waals surface area contributed by atoms with Gasteiger partial charge in [0.25, 0.3) is 0 Å². The molecule has 4 heteroatoms. The van der Waals surface area contributed by atoms with E-state index < -0.39 is 0 Å². The number of aryl methyl sites for hydroxylation is 2. The van der Waals surface area contributed by atoms with Crippen LogP contribution in [-0.2, 0) is 27.1 Å². The fourth-order valence-electron chi connectivity index (χ4n) is 2.29. The summed E-state index contributed by atoms with van der Waals surface area (Å²) in [6.45, 7) is 8.91. The van der Waals surface area contributed by atoms with Crippen LogP contribution >= 0.6 is 0 Å². The summed E-state index contributed by atoms with van der Waals surface area (Å²) in [4.78, 5) is 0. The van der Waals surface area contributed by atoms with Crippen molar-refractivity contribution < 1.29 is 58.9 Å². The zero-order chi connectivity index (χ0) is 11.8. The Morgan fingerprint density at radius 2 is 1.20 bits per heavy atom. The van der Waals surface area contributed by atoms with Crippen molar-refractivity contribution in [2.45, 2.75) is 33.1 Å². The smallest absolute Gasteiger partial charge is 1.00 e. The van der Waals surface area contributed by atoms with Gasteiger partial charge in [0, 0.05) is 0 Å². The summed E-state index contributed by atoms with van der Waals surface area (Å²) < 4.78 is 0. The van der Waals surface area contributed by atoms with Crippen molar-refractivity contribution >= 4 is 0 Å². The van der Waals surface area contributed by atoms with Gasteiger partial charge in [-0.15, -0.1) is 5.56 Å². The summed E-state index contributed by atoms with van der Waals surface area (Å²) in [7, 11) is 0. The molecule has 0 aliphatic heterocycles. The van der Waals surface area contributed by atoms with Crippen LogP contribution in [0.25, 0.3) is 0 Å². The topological polar surface area (TPSA) is 0 Å². The van der Waals surface area contributed by atoms with Gasteiger partial charge in [0.05, 0.1) is 0 Å². The largest absolute Gasteiger partial charge is 4.00 e. The van der Waals surface area contributed by atoms with E-state index in [9.17, 15) is 0 Å². The molecule has 0 fully saturated rings. The van der Waals surface area contributed by atoms with Crippen molar-refractivity contribution in [3.63, 3.8) is 0 Å². The maximum absolute atomic E-state index is 2.29. The molecule has 0 nitrogen and oxygen atoms in total. The molecule has 20 heavy (non-hydrogen) atoms. The Morgan fingerprint density at radius 1 is 0.800 bits per heavy atom. The average Bonchev–Trinajstić information content (AvgIpc) is 2.69. The molecule has 2 rings (SSSR count). The van der Waals surface area contributed by atoms with Gasteiger partial charge >= 0.3 is 21.7 Å². The molecule has 0 aliphatic rings. The van der Waals surface area contributed by atoms with Crippen LogP contribution in [0.3, 0.4) is 0 Å². The maximum Gasteiger partial charge on any atom is 4.00 e. The van der Waals surface area contributed by atoms with Gasteiger partial charge in [-0.3, -0.25) is 0 Å². The first-order chi connectivity index (χ1) is 7.50. The van der Waals surface area contributed by atoms with Crippen LogP contribution in [0.4, 0.5) is 0 Å². The van der Waals surface area contributed by atoms with Gasteiger partial charge in [-0.1, -0.05) is 43.2 Å². The number of benzene rings is 1. The van der Waals surface area contributed by atoms with E-state index >= 15 is 0 Å². The summed E-state index contributed by atoms with van der Waals surface area (Å²) in [5, 5.41) is 0. The van der Waals surface area contributed by atoms with Gasteiger partial charge in [0.1, 0.15) is 0 Å². The second-order valence-electron chi connectivity index (χ2n) is 5.17. The Hall–Kier alpha value is 0.154. The number of hydrogen-bond acceptors (Lipinski definition) is 0. The molecule has 0 N–H and O–H groups in total. The zero-order valence-electron chi connectivity index (χ0n) is 12.2. The van der Waals surface area contributed by atoms with Crippen molar-refractivity contribution in [3.8, 4) is 0 Å². The first-order valence-corrected chi connectivity index (χ1v) is 5.81. The predicted molar refractivity (Wildman–Crippen MR) is 70.1 cm³/mol. The van der Waals surface area contributed by atoms with Gasteiger partial charge in [0.15, 0.2) is 0 Å². The molecule has 0 aliphatic carbocycles. The molecule has 0 atom stereocenters. The molecule has 0 aromatic heterocycles. The molecule has 0 spiro atoms. The van der Waals surface area contributed by atoms with Crippen LogP contribution in [-0.4, -0.2) is 0 Å². The first kappa shape index (κ1) is 25.1.